The smallest absolute Gasteiger partial charge is 0.341 e. The van der Waals surface area contributed by atoms with Crippen LogP contribution >= 0.6 is 23.1 Å². The Kier molecular flexibility index (Phi) is 5.97. The number of carboxylic acids is 1. The molecule has 6 heteroatoms. The first kappa shape index (κ1) is 20.8. The van der Waals surface area contributed by atoms with Gasteiger partial charge in [0.05, 0.1) is 10.9 Å². The summed E-state index contributed by atoms with van der Waals surface area (Å²) in [6, 6.07) is 26.9. The van der Waals surface area contributed by atoms with Crippen LogP contribution in [-0.4, -0.2) is 22.7 Å². The molecule has 3 aromatic carbocycles. The van der Waals surface area contributed by atoms with Gasteiger partial charge in [-0.2, -0.15) is 0 Å². The SMILES string of the molecule is O=C(O)COc1ccc2c(c1)-c1nc(SC(c3ccccc3)c3ccccc3)sc1CC2. The number of hydrogen-bond acceptors (Lipinski definition) is 5. The number of thioether (sulfide) groups is 1. The number of benzene rings is 3. The number of aliphatic carboxylic acids is 1. The Morgan fingerprint density at radius 3 is 2.34 bits per heavy atom. The third-order valence-electron chi connectivity index (χ3n) is 5.42. The van der Waals surface area contributed by atoms with Crippen molar-refractivity contribution in [3.63, 3.8) is 0 Å². The summed E-state index contributed by atoms with van der Waals surface area (Å²) in [5, 5.41) is 9.07. The number of fused-ring (bicyclic) bond motifs is 3. The first-order valence-corrected chi connectivity index (χ1v) is 12.1. The molecule has 0 saturated carbocycles. The van der Waals surface area contributed by atoms with Gasteiger partial charge in [0.25, 0.3) is 0 Å². The number of thiazole rings is 1. The standard InChI is InChI=1S/C26H21NO3S2/c28-23(29)16-30-20-13-11-17-12-14-22-24(21(17)15-20)27-26(31-22)32-25(18-7-3-1-4-8-18)19-9-5-2-6-10-19/h1-11,13,15,25H,12,14,16H2,(H,28,29). The van der Waals surface area contributed by atoms with Gasteiger partial charge >= 0.3 is 5.97 Å². The van der Waals surface area contributed by atoms with Gasteiger partial charge in [-0.05, 0) is 41.7 Å². The number of aromatic nitrogens is 1. The van der Waals surface area contributed by atoms with Crippen molar-refractivity contribution in [1.82, 2.24) is 4.98 Å². The minimum absolute atomic E-state index is 0.162. The fraction of sp³-hybridized carbons (Fsp3) is 0.154. The first-order valence-electron chi connectivity index (χ1n) is 10.4. The molecule has 1 heterocycles. The molecule has 32 heavy (non-hydrogen) atoms. The highest BCUT2D eigenvalue weighted by molar-refractivity contribution is 8.01. The van der Waals surface area contributed by atoms with Gasteiger partial charge in [-0.3, -0.25) is 0 Å². The van der Waals surface area contributed by atoms with Crippen LogP contribution in [0.2, 0.25) is 0 Å². The molecule has 1 aromatic heterocycles. The number of ether oxygens (including phenoxy) is 1. The molecule has 0 bridgehead atoms. The summed E-state index contributed by atoms with van der Waals surface area (Å²) >= 11 is 3.54. The zero-order valence-electron chi connectivity index (χ0n) is 17.2. The summed E-state index contributed by atoms with van der Waals surface area (Å²) in [6.45, 7) is -0.348. The highest BCUT2D eigenvalue weighted by Gasteiger charge is 2.24. The van der Waals surface area contributed by atoms with E-state index >= 15 is 0 Å². The fourth-order valence-corrected chi connectivity index (χ4v) is 6.44. The second-order valence-electron chi connectivity index (χ2n) is 7.57. The molecule has 4 aromatic rings. The molecule has 0 amide bonds. The normalized spacial score (nSPS) is 12.3. The van der Waals surface area contributed by atoms with E-state index < -0.39 is 5.97 Å². The molecule has 0 aliphatic heterocycles. The van der Waals surface area contributed by atoms with Crippen molar-refractivity contribution < 1.29 is 14.6 Å². The van der Waals surface area contributed by atoms with E-state index in [4.69, 9.17) is 14.8 Å². The lowest BCUT2D eigenvalue weighted by molar-refractivity contribution is -0.139. The molecule has 1 aliphatic carbocycles. The lowest BCUT2D eigenvalue weighted by Gasteiger charge is -2.16. The first-order chi connectivity index (χ1) is 15.7. The predicted octanol–water partition coefficient (Wildman–Crippen LogP) is 6.25. The van der Waals surface area contributed by atoms with E-state index in [1.54, 1.807) is 23.1 Å². The monoisotopic (exact) mass is 459 g/mol. The Labute approximate surface area is 194 Å². The maximum Gasteiger partial charge on any atom is 0.341 e. The van der Waals surface area contributed by atoms with Crippen LogP contribution in [-0.2, 0) is 17.6 Å². The van der Waals surface area contributed by atoms with E-state index in [1.807, 2.05) is 30.3 Å². The van der Waals surface area contributed by atoms with E-state index in [0.29, 0.717) is 5.75 Å². The Morgan fingerprint density at radius 2 is 1.69 bits per heavy atom. The number of nitrogens with zero attached hydrogens (tertiary/aromatic N) is 1. The molecule has 0 unspecified atom stereocenters. The van der Waals surface area contributed by atoms with Crippen molar-refractivity contribution in [3.05, 3.63) is 100 Å². The second-order valence-corrected chi connectivity index (χ2v) is 10.0. The lowest BCUT2D eigenvalue weighted by Crippen LogP contribution is -2.10. The third kappa shape index (κ3) is 4.42. The summed E-state index contributed by atoms with van der Waals surface area (Å²) in [7, 11) is 0. The molecule has 160 valence electrons. The minimum atomic E-state index is -0.983. The summed E-state index contributed by atoms with van der Waals surface area (Å²) in [4.78, 5) is 17.2. The Morgan fingerprint density at radius 1 is 1.00 bits per heavy atom. The molecule has 0 atom stereocenters. The zero-order valence-corrected chi connectivity index (χ0v) is 18.9. The van der Waals surface area contributed by atoms with Gasteiger partial charge in [-0.15, -0.1) is 11.3 Å². The topological polar surface area (TPSA) is 59.4 Å². The quantitative estimate of drug-likeness (QED) is 0.331. The van der Waals surface area contributed by atoms with Crippen LogP contribution in [0, 0.1) is 0 Å². The molecule has 5 rings (SSSR count). The largest absolute Gasteiger partial charge is 0.482 e. The van der Waals surface area contributed by atoms with E-state index in [1.165, 1.54) is 21.6 Å². The Bertz CT molecular complexity index is 1200. The molecule has 0 radical (unpaired) electrons. The van der Waals surface area contributed by atoms with Crippen molar-refractivity contribution in [2.75, 3.05) is 6.61 Å². The van der Waals surface area contributed by atoms with Crippen molar-refractivity contribution in [3.8, 4) is 17.0 Å². The molecule has 0 saturated heterocycles. The van der Waals surface area contributed by atoms with Gasteiger partial charge in [0.1, 0.15) is 5.75 Å². The van der Waals surface area contributed by atoms with E-state index in [9.17, 15) is 4.79 Å². The molecule has 0 spiro atoms. The summed E-state index contributed by atoms with van der Waals surface area (Å²) in [6.07, 6.45) is 1.92. The van der Waals surface area contributed by atoms with Crippen LogP contribution < -0.4 is 4.74 Å². The molecule has 1 N–H and O–H groups in total. The summed E-state index contributed by atoms with van der Waals surface area (Å²) in [5.74, 6) is -0.420. The van der Waals surface area contributed by atoms with Crippen molar-refractivity contribution in [1.29, 1.82) is 0 Å². The van der Waals surface area contributed by atoms with Crippen molar-refractivity contribution >= 4 is 29.1 Å². The summed E-state index contributed by atoms with van der Waals surface area (Å²) < 4.78 is 6.45. The van der Waals surface area contributed by atoms with Gasteiger partial charge in [-0.1, -0.05) is 78.5 Å². The molecule has 1 aliphatic rings. The van der Waals surface area contributed by atoms with E-state index in [2.05, 4.69) is 48.5 Å². The second kappa shape index (κ2) is 9.18. The number of carboxylic acid groups (broad SMARTS) is 1. The van der Waals surface area contributed by atoms with Crippen LogP contribution in [0.5, 0.6) is 5.75 Å². The van der Waals surface area contributed by atoms with Gasteiger partial charge in [0, 0.05) is 10.4 Å². The third-order valence-corrected chi connectivity index (χ3v) is 7.94. The van der Waals surface area contributed by atoms with Crippen LogP contribution in [0.3, 0.4) is 0 Å². The summed E-state index contributed by atoms with van der Waals surface area (Å²) in [5.41, 5.74) is 5.78. The van der Waals surface area contributed by atoms with E-state index in [0.717, 1.165) is 28.4 Å². The maximum absolute atomic E-state index is 10.9. The van der Waals surface area contributed by atoms with Crippen molar-refractivity contribution in [2.24, 2.45) is 0 Å². The van der Waals surface area contributed by atoms with Crippen LogP contribution in [0.15, 0.2) is 83.2 Å². The average Bonchev–Trinajstić information content (AvgIpc) is 3.25. The maximum atomic E-state index is 10.9. The Balaban J connectivity index is 1.47. The molecule has 0 fully saturated rings. The van der Waals surface area contributed by atoms with E-state index in [-0.39, 0.29) is 11.9 Å². The highest BCUT2D eigenvalue weighted by Crippen LogP contribution is 2.46. The predicted molar refractivity (Wildman–Crippen MR) is 129 cm³/mol. The zero-order chi connectivity index (χ0) is 21.9. The average molecular weight is 460 g/mol. The van der Waals surface area contributed by atoms with Gasteiger partial charge in [0.15, 0.2) is 10.9 Å². The number of aryl methyl sites for hydroxylation is 2. The molecular weight excluding hydrogens is 438 g/mol. The number of carbonyl (C=O) groups is 1. The van der Waals surface area contributed by atoms with Crippen LogP contribution in [0.1, 0.15) is 26.8 Å². The minimum Gasteiger partial charge on any atom is -0.482 e. The van der Waals surface area contributed by atoms with Crippen molar-refractivity contribution in [2.45, 2.75) is 22.4 Å². The van der Waals surface area contributed by atoms with Gasteiger partial charge in [-0.25, -0.2) is 9.78 Å². The van der Waals surface area contributed by atoms with Gasteiger partial charge < -0.3 is 9.84 Å². The Hall–Kier alpha value is -3.09. The lowest BCUT2D eigenvalue weighted by atomic mass is 9.93. The van der Waals surface area contributed by atoms with Crippen LogP contribution in [0.4, 0.5) is 0 Å². The highest BCUT2D eigenvalue weighted by atomic mass is 32.2. The number of rotatable bonds is 7. The fourth-order valence-electron chi connectivity index (χ4n) is 3.92. The van der Waals surface area contributed by atoms with Gasteiger partial charge in [0.2, 0.25) is 0 Å². The number of hydrogen-bond donors (Lipinski definition) is 1. The molecular formula is C26H21NO3S2. The molecule has 4 nitrogen and oxygen atoms in total. The van der Waals surface area contributed by atoms with Crippen LogP contribution in [0.25, 0.3) is 11.3 Å².